The molecule has 0 unspecified atom stereocenters. The Labute approximate surface area is 189 Å². The van der Waals surface area contributed by atoms with Crippen LogP contribution in [-0.4, -0.2) is 51.3 Å². The number of hydrogen-bond acceptors (Lipinski definition) is 9. The zero-order valence-corrected chi connectivity index (χ0v) is 20.4. The van der Waals surface area contributed by atoms with E-state index in [1.54, 1.807) is 32.9 Å². The molecule has 0 radical (unpaired) electrons. The zero-order chi connectivity index (χ0) is 24.7. The average Bonchev–Trinajstić information content (AvgIpc) is 2.76. The van der Waals surface area contributed by atoms with Gasteiger partial charge in [-0.1, -0.05) is 6.92 Å². The SMILES string of the molecule is COc1ccc(/C(C)=C(\C)S(N)(=O)=O)nc1.COc1cnc([C@@H](C)[C@H](C)S(N)(=O)=O)cn1. The third-order valence-corrected chi connectivity index (χ3v) is 7.46. The largest absolute Gasteiger partial charge is 0.495 e. The molecule has 0 aromatic carbocycles. The lowest BCUT2D eigenvalue weighted by Crippen LogP contribution is -2.30. The minimum atomic E-state index is -3.66. The van der Waals surface area contributed by atoms with E-state index in [1.165, 1.54) is 39.7 Å². The number of sulfonamides is 2. The number of methoxy groups -OCH3 is 2. The van der Waals surface area contributed by atoms with Crippen LogP contribution in [0.4, 0.5) is 0 Å². The van der Waals surface area contributed by atoms with Crippen LogP contribution in [-0.2, 0) is 20.0 Å². The number of ether oxygens (including phenoxy) is 2. The van der Waals surface area contributed by atoms with Gasteiger partial charge in [0.15, 0.2) is 0 Å². The fourth-order valence-corrected chi connectivity index (χ4v) is 3.55. The van der Waals surface area contributed by atoms with Gasteiger partial charge >= 0.3 is 0 Å². The summed E-state index contributed by atoms with van der Waals surface area (Å²) in [4.78, 5) is 12.2. The van der Waals surface area contributed by atoms with Gasteiger partial charge in [-0.15, -0.1) is 0 Å². The predicted octanol–water partition coefficient (Wildman–Crippen LogP) is 1.40. The highest BCUT2D eigenvalue weighted by atomic mass is 32.2. The molecule has 4 N–H and O–H groups in total. The number of hydrogen-bond donors (Lipinski definition) is 2. The van der Waals surface area contributed by atoms with E-state index in [4.69, 9.17) is 19.8 Å². The highest BCUT2D eigenvalue weighted by Crippen LogP contribution is 2.21. The quantitative estimate of drug-likeness (QED) is 0.584. The first-order valence-corrected chi connectivity index (χ1v) is 12.5. The minimum absolute atomic E-state index is 0.116. The molecule has 2 atom stereocenters. The maximum atomic E-state index is 11.2. The molecule has 0 bridgehead atoms. The lowest BCUT2D eigenvalue weighted by atomic mass is 10.1. The first-order valence-electron chi connectivity index (χ1n) is 9.30. The Balaban J connectivity index is 0.000000320. The molecule has 0 amide bonds. The molecule has 2 aromatic heterocycles. The van der Waals surface area contributed by atoms with E-state index in [2.05, 4.69) is 15.0 Å². The molecule has 0 saturated heterocycles. The van der Waals surface area contributed by atoms with Crippen LogP contribution in [0.1, 0.15) is 45.0 Å². The zero-order valence-electron chi connectivity index (χ0n) is 18.8. The van der Waals surface area contributed by atoms with Crippen LogP contribution in [0.15, 0.2) is 35.6 Å². The van der Waals surface area contributed by atoms with E-state index in [-0.39, 0.29) is 10.8 Å². The second-order valence-corrected chi connectivity index (χ2v) is 10.5. The number of pyridine rings is 1. The summed E-state index contributed by atoms with van der Waals surface area (Å²) in [6, 6.07) is 3.39. The van der Waals surface area contributed by atoms with Gasteiger partial charge in [-0.25, -0.2) is 32.1 Å². The molecule has 13 heteroatoms. The van der Waals surface area contributed by atoms with Crippen molar-refractivity contribution in [3.8, 4) is 11.6 Å². The van der Waals surface area contributed by atoms with Crippen molar-refractivity contribution in [3.05, 3.63) is 47.0 Å². The average molecular weight is 488 g/mol. The molecule has 32 heavy (non-hydrogen) atoms. The fourth-order valence-electron chi connectivity index (χ4n) is 2.31. The van der Waals surface area contributed by atoms with Gasteiger partial charge in [-0.05, 0) is 38.5 Å². The molecule has 2 aromatic rings. The van der Waals surface area contributed by atoms with Gasteiger partial charge in [0.05, 0.1) is 54.4 Å². The maximum absolute atomic E-state index is 11.2. The van der Waals surface area contributed by atoms with Crippen LogP contribution >= 0.6 is 0 Å². The van der Waals surface area contributed by atoms with Gasteiger partial charge in [0.2, 0.25) is 25.9 Å². The van der Waals surface area contributed by atoms with Gasteiger partial charge < -0.3 is 9.47 Å². The number of nitrogens with two attached hydrogens (primary N) is 2. The maximum Gasteiger partial charge on any atom is 0.234 e. The highest BCUT2D eigenvalue weighted by Gasteiger charge is 2.25. The standard InChI is InChI=1S/C10H14N2O3S.C9H15N3O3S/c1-7(8(2)16(11,13)14)10-5-4-9(15-3)6-12-10;1-6(7(2)16(10,13)14)8-4-12-9(15-3)5-11-8/h4-6H,1-3H3,(H2,11,13,14);4-7H,1-3H3,(H2,10,13,14)/b8-7+;/t;6-,7-/m.0/s1. The minimum Gasteiger partial charge on any atom is -0.495 e. The summed E-state index contributed by atoms with van der Waals surface area (Å²) in [6.45, 7) is 6.41. The number of aromatic nitrogens is 3. The summed E-state index contributed by atoms with van der Waals surface area (Å²) < 4.78 is 54.4. The van der Waals surface area contributed by atoms with Crippen LogP contribution in [0.3, 0.4) is 0 Å². The molecule has 0 saturated carbocycles. The van der Waals surface area contributed by atoms with Crippen LogP contribution in [0, 0.1) is 0 Å². The monoisotopic (exact) mass is 487 g/mol. The Morgan fingerprint density at radius 2 is 1.53 bits per heavy atom. The summed E-state index contributed by atoms with van der Waals surface area (Å²) in [6.07, 6.45) is 4.46. The Morgan fingerprint density at radius 3 is 1.91 bits per heavy atom. The predicted molar refractivity (Wildman–Crippen MR) is 122 cm³/mol. The molecular weight excluding hydrogens is 458 g/mol. The van der Waals surface area contributed by atoms with E-state index in [0.717, 1.165) is 0 Å². The van der Waals surface area contributed by atoms with Crippen LogP contribution in [0.25, 0.3) is 5.57 Å². The van der Waals surface area contributed by atoms with E-state index in [1.807, 2.05) is 0 Å². The number of allylic oxidation sites excluding steroid dienone is 2. The van der Waals surface area contributed by atoms with Gasteiger partial charge in [-0.3, -0.25) is 9.97 Å². The van der Waals surface area contributed by atoms with Crippen molar-refractivity contribution in [1.82, 2.24) is 15.0 Å². The van der Waals surface area contributed by atoms with Gasteiger partial charge in [0.25, 0.3) is 0 Å². The van der Waals surface area contributed by atoms with E-state index in [0.29, 0.717) is 28.6 Å². The second kappa shape index (κ2) is 11.3. The first kappa shape index (κ1) is 27.4. The lowest BCUT2D eigenvalue weighted by molar-refractivity contribution is 0.394. The van der Waals surface area contributed by atoms with E-state index < -0.39 is 25.3 Å². The molecule has 0 aliphatic carbocycles. The Bertz CT molecular complexity index is 1130. The molecule has 0 spiro atoms. The highest BCUT2D eigenvalue weighted by molar-refractivity contribution is 7.93. The smallest absolute Gasteiger partial charge is 0.234 e. The summed E-state index contributed by atoms with van der Waals surface area (Å²) in [5, 5.41) is 9.41. The Kier molecular flexibility index (Phi) is 9.70. The molecule has 11 nitrogen and oxygen atoms in total. The van der Waals surface area contributed by atoms with Crippen molar-refractivity contribution < 1.29 is 26.3 Å². The van der Waals surface area contributed by atoms with Gasteiger partial charge in [0.1, 0.15) is 5.75 Å². The third-order valence-electron chi connectivity index (χ3n) is 4.86. The summed E-state index contributed by atoms with van der Waals surface area (Å²) in [5.41, 5.74) is 1.67. The molecule has 0 fully saturated rings. The van der Waals surface area contributed by atoms with E-state index >= 15 is 0 Å². The van der Waals surface area contributed by atoms with Gasteiger partial charge in [-0.2, -0.15) is 0 Å². The summed E-state index contributed by atoms with van der Waals surface area (Å²) >= 11 is 0. The Hall–Kier alpha value is -2.61. The number of nitrogens with zero attached hydrogens (tertiary/aromatic N) is 3. The van der Waals surface area contributed by atoms with Crippen molar-refractivity contribution in [2.75, 3.05) is 14.2 Å². The molecule has 0 aliphatic rings. The third kappa shape index (κ3) is 7.82. The molecular formula is C19H29N5O6S2. The van der Waals surface area contributed by atoms with Gasteiger partial charge in [0, 0.05) is 5.92 Å². The fraction of sp³-hybridized carbons (Fsp3) is 0.421. The van der Waals surface area contributed by atoms with Crippen molar-refractivity contribution in [2.45, 2.75) is 38.9 Å². The number of primary sulfonamides is 2. The summed E-state index contributed by atoms with van der Waals surface area (Å²) in [7, 11) is -4.20. The molecule has 2 heterocycles. The van der Waals surface area contributed by atoms with Crippen LogP contribution < -0.4 is 19.8 Å². The second-order valence-electron chi connectivity index (χ2n) is 6.88. The molecule has 0 aliphatic heterocycles. The van der Waals surface area contributed by atoms with Crippen molar-refractivity contribution in [2.24, 2.45) is 10.3 Å². The van der Waals surface area contributed by atoms with E-state index in [9.17, 15) is 16.8 Å². The number of rotatable bonds is 7. The van der Waals surface area contributed by atoms with Crippen molar-refractivity contribution >= 4 is 25.6 Å². The molecule has 2 rings (SSSR count). The topological polar surface area (TPSA) is 177 Å². The summed E-state index contributed by atoms with van der Waals surface area (Å²) in [5.74, 6) is 0.692. The van der Waals surface area contributed by atoms with Crippen molar-refractivity contribution in [3.63, 3.8) is 0 Å². The molecule has 178 valence electrons. The first-order chi connectivity index (χ1) is 14.7. The van der Waals surface area contributed by atoms with Crippen molar-refractivity contribution in [1.29, 1.82) is 0 Å². The van der Waals surface area contributed by atoms with Crippen LogP contribution in [0.2, 0.25) is 0 Å². The van der Waals surface area contributed by atoms with Crippen LogP contribution in [0.5, 0.6) is 11.6 Å². The Morgan fingerprint density at radius 1 is 0.906 bits per heavy atom. The normalized spacial score (nSPS) is 14.4. The lowest BCUT2D eigenvalue weighted by Gasteiger charge is -2.16.